The number of hydrogen-bond acceptors (Lipinski definition) is 2. The first-order chi connectivity index (χ1) is 29.1. The number of nitrogens with zero attached hydrogens (tertiary/aromatic N) is 2. The van der Waals surface area contributed by atoms with Crippen LogP contribution < -0.4 is 26.2 Å². The lowest BCUT2D eigenvalue weighted by molar-refractivity contribution is 0.331. The van der Waals surface area contributed by atoms with Gasteiger partial charge >= 0.3 is 0 Å². The number of fused-ring (bicyclic) bond motifs is 7. The van der Waals surface area contributed by atoms with Crippen LogP contribution in [0.15, 0.2) is 72.8 Å². The van der Waals surface area contributed by atoms with Crippen LogP contribution in [0.4, 0.5) is 34.1 Å². The minimum absolute atomic E-state index is 0.00286. The van der Waals surface area contributed by atoms with E-state index in [0.717, 1.165) is 0 Å². The maximum Gasteiger partial charge on any atom is 0.252 e. The van der Waals surface area contributed by atoms with Crippen molar-refractivity contribution >= 4 is 57.2 Å². The van der Waals surface area contributed by atoms with Crippen LogP contribution in [-0.4, -0.2) is 6.71 Å². The molecule has 0 atom stereocenters. The molecule has 0 amide bonds. The molecule has 0 radical (unpaired) electrons. The van der Waals surface area contributed by atoms with Crippen molar-refractivity contribution in [2.75, 3.05) is 9.80 Å². The fourth-order valence-electron chi connectivity index (χ4n) is 12.9. The molecule has 0 fully saturated rings. The highest BCUT2D eigenvalue weighted by Gasteiger charge is 2.48. The van der Waals surface area contributed by atoms with E-state index in [9.17, 15) is 0 Å². The summed E-state index contributed by atoms with van der Waals surface area (Å²) in [6.07, 6.45) is 7.21. The predicted molar refractivity (Wildman–Crippen MR) is 274 cm³/mol. The third-order valence-corrected chi connectivity index (χ3v) is 17.6. The second kappa shape index (κ2) is 13.2. The highest BCUT2D eigenvalue weighted by atomic mass is 15.2. The summed E-state index contributed by atoms with van der Waals surface area (Å²) in [5.74, 6) is 0. The molecule has 0 unspecified atom stereocenters. The van der Waals surface area contributed by atoms with E-state index in [-0.39, 0.29) is 44.6 Å². The number of anilines is 6. The van der Waals surface area contributed by atoms with Gasteiger partial charge in [0.25, 0.3) is 6.71 Å². The largest absolute Gasteiger partial charge is 0.311 e. The van der Waals surface area contributed by atoms with Crippen LogP contribution in [0.1, 0.15) is 192 Å². The zero-order valence-corrected chi connectivity index (χ0v) is 42.1. The van der Waals surface area contributed by atoms with E-state index >= 15 is 0 Å². The van der Waals surface area contributed by atoms with Gasteiger partial charge in [0.05, 0.1) is 0 Å². The highest BCUT2D eigenvalue weighted by Crippen LogP contribution is 2.54. The number of rotatable bonds is 2. The summed E-state index contributed by atoms with van der Waals surface area (Å²) >= 11 is 0. The van der Waals surface area contributed by atoms with E-state index in [1.807, 2.05) is 0 Å². The summed E-state index contributed by atoms with van der Waals surface area (Å²) in [5, 5.41) is 0. The van der Waals surface area contributed by atoms with Gasteiger partial charge < -0.3 is 9.80 Å². The molecule has 0 aromatic heterocycles. The van der Waals surface area contributed by atoms with Gasteiger partial charge in [0, 0.05) is 34.1 Å². The molecule has 0 N–H and O–H groups in total. The zero-order valence-electron chi connectivity index (χ0n) is 42.1. The van der Waals surface area contributed by atoms with Gasteiger partial charge in [0.1, 0.15) is 0 Å². The van der Waals surface area contributed by atoms with E-state index in [1.54, 1.807) is 0 Å². The smallest absolute Gasteiger partial charge is 0.252 e. The van der Waals surface area contributed by atoms with Crippen molar-refractivity contribution in [2.45, 2.75) is 194 Å². The molecule has 328 valence electrons. The molecule has 2 aliphatic heterocycles. The van der Waals surface area contributed by atoms with E-state index in [0.29, 0.717) is 0 Å². The van der Waals surface area contributed by atoms with Gasteiger partial charge in [-0.1, -0.05) is 134 Å². The minimum Gasteiger partial charge on any atom is -0.311 e. The SMILES string of the molecule is Cc1cc2c3c(c1)N(c1cc4c(cc1C)C(C)(C)CCC4(C)C)c1cc4c(cc1B3c1ccc(C(C)(C)C)cc1N2c1ccc2c(c1)C(C)(C)CCC2(C)C)C(C)(C)CCC4(C)C. The zero-order chi connectivity index (χ0) is 45.4. The van der Waals surface area contributed by atoms with E-state index in [2.05, 4.69) is 200 Å². The highest BCUT2D eigenvalue weighted by molar-refractivity contribution is 7.00. The fraction of sp³-hybridized carbons (Fsp3) is 0.500. The van der Waals surface area contributed by atoms with Crippen molar-refractivity contribution in [1.29, 1.82) is 0 Å². The summed E-state index contributed by atoms with van der Waals surface area (Å²) in [4.78, 5) is 5.43. The summed E-state index contributed by atoms with van der Waals surface area (Å²) in [6.45, 7) is 41.7. The number of aryl methyl sites for hydroxylation is 2. The third-order valence-electron chi connectivity index (χ3n) is 17.6. The molecule has 10 rings (SSSR count). The molecular formula is C60H75BN2. The Labute approximate surface area is 382 Å². The maximum atomic E-state index is 2.74. The van der Waals surface area contributed by atoms with Crippen molar-refractivity contribution in [3.63, 3.8) is 0 Å². The molecule has 0 bridgehead atoms. The van der Waals surface area contributed by atoms with Crippen LogP contribution in [0.2, 0.25) is 0 Å². The average Bonchev–Trinajstić information content (AvgIpc) is 3.19. The summed E-state index contributed by atoms with van der Waals surface area (Å²) < 4.78 is 0. The molecule has 0 saturated carbocycles. The standard InChI is InChI=1S/C60H75BN2/c1-36-28-51-53-52(29-36)63(48-34-44-41(30-37(48)2)56(8,9)24-26-59(44,14)15)50-35-45-43(58(12,13)25-27-60(45,16)17)33-47(50)61(53)46-21-18-38(54(3,4)5)31-49(46)62(51)39-19-20-40-42(32-39)57(10,11)23-22-55(40,6)7/h18-21,28-35H,22-27H2,1-17H3. The van der Waals surface area contributed by atoms with Crippen molar-refractivity contribution in [3.8, 4) is 0 Å². The molecule has 0 spiro atoms. The maximum absolute atomic E-state index is 2.74. The number of benzene rings is 5. The lowest BCUT2D eigenvalue weighted by Crippen LogP contribution is -2.62. The molecule has 63 heavy (non-hydrogen) atoms. The van der Waals surface area contributed by atoms with Gasteiger partial charge in [-0.05, 0) is 199 Å². The number of hydrogen-bond donors (Lipinski definition) is 0. The normalized spacial score (nSPS) is 21.4. The summed E-state index contributed by atoms with van der Waals surface area (Å²) in [5.41, 5.74) is 26.1. The summed E-state index contributed by atoms with van der Waals surface area (Å²) in [6, 6.07) is 30.7. The lowest BCUT2D eigenvalue weighted by Gasteiger charge is -2.48. The molecule has 0 saturated heterocycles. The third kappa shape index (κ3) is 6.31. The molecule has 3 heteroatoms. The summed E-state index contributed by atoms with van der Waals surface area (Å²) in [7, 11) is 0. The van der Waals surface area contributed by atoms with Crippen molar-refractivity contribution in [3.05, 3.63) is 123 Å². The van der Waals surface area contributed by atoms with E-state index < -0.39 is 0 Å². The Hall–Kier alpha value is -4.24. The van der Waals surface area contributed by atoms with Crippen LogP contribution in [-0.2, 0) is 37.9 Å². The average molecular weight is 835 g/mol. The van der Waals surface area contributed by atoms with Crippen molar-refractivity contribution in [2.24, 2.45) is 0 Å². The van der Waals surface area contributed by atoms with Gasteiger partial charge in [-0.15, -0.1) is 0 Å². The molecule has 2 nitrogen and oxygen atoms in total. The molecule has 2 heterocycles. The Morgan fingerprint density at radius 3 is 1.40 bits per heavy atom. The van der Waals surface area contributed by atoms with Crippen LogP contribution in [0.5, 0.6) is 0 Å². The first-order valence-corrected chi connectivity index (χ1v) is 24.5. The van der Waals surface area contributed by atoms with Gasteiger partial charge in [0.2, 0.25) is 0 Å². The molecule has 5 aliphatic rings. The van der Waals surface area contributed by atoms with Crippen LogP contribution in [0, 0.1) is 13.8 Å². The fourth-order valence-corrected chi connectivity index (χ4v) is 12.9. The molecule has 3 aliphatic carbocycles. The Kier molecular flexibility index (Phi) is 8.94. The van der Waals surface area contributed by atoms with E-state index in [1.165, 1.54) is 139 Å². The van der Waals surface area contributed by atoms with Gasteiger partial charge in [-0.25, -0.2) is 0 Å². The molecular weight excluding hydrogens is 759 g/mol. The second-order valence-corrected chi connectivity index (χ2v) is 26.0. The first-order valence-electron chi connectivity index (χ1n) is 24.5. The Balaban J connectivity index is 1.33. The van der Waals surface area contributed by atoms with Crippen molar-refractivity contribution < 1.29 is 0 Å². The van der Waals surface area contributed by atoms with Crippen LogP contribution >= 0.6 is 0 Å². The van der Waals surface area contributed by atoms with Gasteiger partial charge in [-0.3, -0.25) is 0 Å². The topological polar surface area (TPSA) is 6.48 Å². The molecule has 5 aromatic rings. The quantitative estimate of drug-likeness (QED) is 0.160. The first kappa shape index (κ1) is 42.7. The Morgan fingerprint density at radius 1 is 0.413 bits per heavy atom. The Morgan fingerprint density at radius 2 is 0.857 bits per heavy atom. The molecule has 5 aromatic carbocycles. The monoisotopic (exact) mass is 835 g/mol. The van der Waals surface area contributed by atoms with Gasteiger partial charge in [-0.2, -0.15) is 0 Å². The Bertz CT molecular complexity index is 2760. The second-order valence-electron chi connectivity index (χ2n) is 26.0. The minimum atomic E-state index is 0.00286. The van der Waals surface area contributed by atoms with E-state index in [4.69, 9.17) is 0 Å². The van der Waals surface area contributed by atoms with Crippen LogP contribution in [0.3, 0.4) is 0 Å². The van der Waals surface area contributed by atoms with Crippen molar-refractivity contribution in [1.82, 2.24) is 0 Å². The van der Waals surface area contributed by atoms with Gasteiger partial charge in [0.15, 0.2) is 0 Å². The lowest BCUT2D eigenvalue weighted by atomic mass is 9.33. The van der Waals surface area contributed by atoms with Crippen LogP contribution in [0.25, 0.3) is 0 Å². The predicted octanol–water partition coefficient (Wildman–Crippen LogP) is 14.7.